The van der Waals surface area contributed by atoms with Crippen molar-refractivity contribution in [2.75, 3.05) is 32.1 Å². The second kappa shape index (κ2) is 10.6. The Balaban J connectivity index is 1.65. The van der Waals surface area contributed by atoms with Crippen LogP contribution < -0.4 is 19.8 Å². The Morgan fingerprint density at radius 1 is 1.16 bits per heavy atom. The summed E-state index contributed by atoms with van der Waals surface area (Å²) in [5.74, 6) is -2.18. The summed E-state index contributed by atoms with van der Waals surface area (Å²) < 4.78 is 69.5. The summed E-state index contributed by atoms with van der Waals surface area (Å²) in [5, 5.41) is 5.55. The zero-order valence-electron chi connectivity index (χ0n) is 20.1. The minimum Gasteiger partial charge on any atom is -0.325 e. The number of halogens is 3. The highest BCUT2D eigenvalue weighted by Gasteiger charge is 2.27. The molecule has 0 atom stereocenters. The number of carbonyl (C=O) groups excluding carboxylic acids is 1. The number of nitrogens with one attached hydrogen (secondary N) is 2. The van der Waals surface area contributed by atoms with Crippen LogP contribution in [0.4, 0.5) is 42.0 Å². The van der Waals surface area contributed by atoms with E-state index in [2.05, 4.69) is 20.6 Å². The third kappa shape index (κ3) is 5.61. The molecule has 0 saturated heterocycles. The number of aromatic nitrogens is 2. The quantitative estimate of drug-likeness (QED) is 0.374. The van der Waals surface area contributed by atoms with Gasteiger partial charge in [0.25, 0.3) is 0 Å². The van der Waals surface area contributed by atoms with Gasteiger partial charge in [0.05, 0.1) is 30.6 Å². The van der Waals surface area contributed by atoms with E-state index < -0.39 is 34.8 Å². The minimum atomic E-state index is -3.67. The lowest BCUT2D eigenvalue weighted by Crippen LogP contribution is -2.35. The van der Waals surface area contributed by atoms with Gasteiger partial charge >= 0.3 is 6.55 Å². The summed E-state index contributed by atoms with van der Waals surface area (Å²) in [6, 6.07) is 11.3. The van der Waals surface area contributed by atoms with E-state index in [1.807, 2.05) is 0 Å². The number of fused-ring (bicyclic) bond motifs is 1. The van der Waals surface area contributed by atoms with Crippen molar-refractivity contribution in [1.29, 1.82) is 0 Å². The van der Waals surface area contributed by atoms with E-state index in [4.69, 9.17) is 0 Å². The van der Waals surface area contributed by atoms with Crippen LogP contribution in [0.15, 0.2) is 48.7 Å². The fourth-order valence-corrected chi connectivity index (χ4v) is 5.20. The van der Waals surface area contributed by atoms with Crippen LogP contribution in [-0.2, 0) is 27.8 Å². The third-order valence-electron chi connectivity index (χ3n) is 5.81. The highest BCUT2D eigenvalue weighted by molar-refractivity contribution is 7.92. The molecule has 1 amide bonds. The van der Waals surface area contributed by atoms with Crippen molar-refractivity contribution in [1.82, 2.24) is 9.97 Å². The second-order valence-electron chi connectivity index (χ2n) is 8.19. The number of benzene rings is 2. The van der Waals surface area contributed by atoms with Gasteiger partial charge < -0.3 is 10.6 Å². The van der Waals surface area contributed by atoms with Gasteiger partial charge in [-0.1, -0.05) is 24.3 Å². The van der Waals surface area contributed by atoms with Crippen LogP contribution >= 0.6 is 0 Å². The fraction of sp³-hybridized carbons (Fsp3) is 0.292. The number of sulfonamides is 1. The molecule has 0 bridgehead atoms. The molecule has 3 aromatic rings. The van der Waals surface area contributed by atoms with Gasteiger partial charge in [0, 0.05) is 17.9 Å². The maximum atomic E-state index is 14.7. The van der Waals surface area contributed by atoms with Crippen molar-refractivity contribution < 1.29 is 26.4 Å². The number of hydrogen-bond acceptors (Lipinski definition) is 7. The molecule has 0 unspecified atom stereocenters. The first kappa shape index (κ1) is 26.2. The van der Waals surface area contributed by atoms with E-state index in [1.165, 1.54) is 19.1 Å². The van der Waals surface area contributed by atoms with E-state index in [0.717, 1.165) is 16.1 Å². The molecule has 9 nitrogen and oxygen atoms in total. The Morgan fingerprint density at radius 3 is 2.62 bits per heavy atom. The molecule has 1 aliphatic heterocycles. The molecule has 1 aromatic heterocycles. The van der Waals surface area contributed by atoms with Gasteiger partial charge in [-0.2, -0.15) is 13.8 Å². The maximum absolute atomic E-state index is 14.7. The van der Waals surface area contributed by atoms with Crippen molar-refractivity contribution >= 4 is 44.8 Å². The molecule has 37 heavy (non-hydrogen) atoms. The number of nitrogens with zero attached hydrogens (tertiary/aromatic N) is 4. The molecular formula is C24H25F3N6O3S. The van der Waals surface area contributed by atoms with E-state index in [9.17, 15) is 26.4 Å². The second-order valence-corrected chi connectivity index (χ2v) is 10.4. The van der Waals surface area contributed by atoms with Crippen LogP contribution in [0.5, 0.6) is 0 Å². The number of alkyl halides is 2. The predicted molar refractivity (Wildman–Crippen MR) is 135 cm³/mol. The summed E-state index contributed by atoms with van der Waals surface area (Å²) in [4.78, 5) is 19.9. The molecular weight excluding hydrogens is 509 g/mol. The van der Waals surface area contributed by atoms with Crippen LogP contribution in [0.2, 0.25) is 0 Å². The number of para-hydroxylation sites is 1. The van der Waals surface area contributed by atoms with Gasteiger partial charge in [0.2, 0.25) is 21.9 Å². The topological polar surface area (TPSA) is 108 Å². The maximum Gasteiger partial charge on any atom is 0.316 e. The van der Waals surface area contributed by atoms with Gasteiger partial charge in [0.1, 0.15) is 0 Å². The molecule has 0 saturated carbocycles. The number of amides is 1. The van der Waals surface area contributed by atoms with Crippen molar-refractivity contribution in [2.24, 2.45) is 0 Å². The Bertz CT molecular complexity index is 1420. The van der Waals surface area contributed by atoms with Gasteiger partial charge in [0.15, 0.2) is 11.6 Å². The van der Waals surface area contributed by atoms with E-state index in [0.29, 0.717) is 16.3 Å². The Hall–Kier alpha value is -3.87. The SMILES string of the molecule is CCN(c1ccccc1CN(c1nc(Nc2ccc3c(c2)NC(=O)C3)ncc1F)C(F)F)S(=O)(=O)CC. The Morgan fingerprint density at radius 2 is 1.92 bits per heavy atom. The van der Waals surface area contributed by atoms with Crippen LogP contribution in [0, 0.1) is 5.82 Å². The lowest BCUT2D eigenvalue weighted by Gasteiger charge is -2.28. The van der Waals surface area contributed by atoms with Crippen molar-refractivity contribution in [3.8, 4) is 0 Å². The summed E-state index contributed by atoms with van der Waals surface area (Å²) in [6.45, 7) is -0.438. The largest absolute Gasteiger partial charge is 0.325 e. The number of hydrogen-bond donors (Lipinski definition) is 2. The lowest BCUT2D eigenvalue weighted by molar-refractivity contribution is -0.115. The number of rotatable bonds is 10. The average molecular weight is 535 g/mol. The molecule has 2 aromatic carbocycles. The zero-order chi connectivity index (χ0) is 26.7. The third-order valence-corrected chi connectivity index (χ3v) is 7.67. The first-order valence-electron chi connectivity index (χ1n) is 11.5. The van der Waals surface area contributed by atoms with E-state index in [-0.39, 0.29) is 41.8 Å². The standard InChI is InChI=1S/C24H25F3N6O3S/c1-3-33(37(35,36)4-2)20-8-6-5-7-16(20)14-32(23(26)27)22-18(25)13-28-24(31-22)29-17-10-9-15-11-21(34)30-19(15)12-17/h5-10,12-13,23H,3-4,11,14H2,1-2H3,(H,30,34)(H,28,29,31). The molecule has 2 N–H and O–H groups in total. The first-order valence-corrected chi connectivity index (χ1v) is 13.1. The van der Waals surface area contributed by atoms with E-state index >= 15 is 0 Å². The lowest BCUT2D eigenvalue weighted by atomic mass is 10.1. The van der Waals surface area contributed by atoms with Crippen LogP contribution in [-0.4, -0.2) is 43.1 Å². The molecule has 0 spiro atoms. The normalized spacial score (nSPS) is 12.9. The molecule has 0 fully saturated rings. The predicted octanol–water partition coefficient (Wildman–Crippen LogP) is 4.26. The molecule has 2 heterocycles. The van der Waals surface area contributed by atoms with Gasteiger partial charge in [-0.25, -0.2) is 17.8 Å². The minimum absolute atomic E-state index is 0.0963. The van der Waals surface area contributed by atoms with Gasteiger partial charge in [-0.05, 0) is 43.2 Å². The summed E-state index contributed by atoms with van der Waals surface area (Å²) >= 11 is 0. The van der Waals surface area contributed by atoms with Crippen LogP contribution in [0.3, 0.4) is 0 Å². The summed E-state index contributed by atoms with van der Waals surface area (Å²) in [6.07, 6.45) is 1.04. The first-order chi connectivity index (χ1) is 17.6. The fourth-order valence-electron chi connectivity index (χ4n) is 4.02. The smallest absolute Gasteiger partial charge is 0.316 e. The van der Waals surface area contributed by atoms with Crippen LogP contribution in [0.1, 0.15) is 25.0 Å². The van der Waals surface area contributed by atoms with Crippen molar-refractivity contribution in [3.63, 3.8) is 0 Å². The van der Waals surface area contributed by atoms with Gasteiger partial charge in [-0.15, -0.1) is 0 Å². The molecule has 13 heteroatoms. The zero-order valence-corrected chi connectivity index (χ0v) is 20.9. The van der Waals surface area contributed by atoms with E-state index in [1.54, 1.807) is 37.3 Å². The highest BCUT2D eigenvalue weighted by atomic mass is 32.2. The Kier molecular flexibility index (Phi) is 7.52. The molecule has 196 valence electrons. The highest BCUT2D eigenvalue weighted by Crippen LogP contribution is 2.31. The monoisotopic (exact) mass is 534 g/mol. The summed E-state index contributed by atoms with van der Waals surface area (Å²) in [7, 11) is -3.67. The molecule has 0 radical (unpaired) electrons. The van der Waals surface area contributed by atoms with Crippen LogP contribution in [0.25, 0.3) is 0 Å². The van der Waals surface area contributed by atoms with Crippen molar-refractivity contribution in [3.05, 3.63) is 65.6 Å². The van der Waals surface area contributed by atoms with Crippen molar-refractivity contribution in [2.45, 2.75) is 33.4 Å². The molecule has 0 aliphatic carbocycles. The molecule has 1 aliphatic rings. The number of anilines is 5. The molecule has 4 rings (SSSR count). The Labute approximate surface area is 212 Å². The number of carbonyl (C=O) groups is 1. The summed E-state index contributed by atoms with van der Waals surface area (Å²) in [5.41, 5.74) is 2.36. The average Bonchev–Trinajstić information content (AvgIpc) is 3.24. The van der Waals surface area contributed by atoms with Gasteiger partial charge in [-0.3, -0.25) is 14.0 Å².